The van der Waals surface area contributed by atoms with Crippen molar-refractivity contribution < 1.29 is 9.53 Å². The third kappa shape index (κ3) is 3.29. The summed E-state index contributed by atoms with van der Waals surface area (Å²) in [6.07, 6.45) is 4.99. The Morgan fingerprint density at radius 1 is 1.32 bits per heavy atom. The molecule has 2 aliphatic rings. The molecule has 110 valence electrons. The highest BCUT2D eigenvalue weighted by Crippen LogP contribution is 2.33. The maximum Gasteiger partial charge on any atom is 0.252 e. The van der Waals surface area contributed by atoms with Gasteiger partial charge >= 0.3 is 0 Å². The van der Waals surface area contributed by atoms with E-state index in [9.17, 15) is 4.79 Å². The predicted octanol–water partition coefficient (Wildman–Crippen LogP) is 1.92. The molecule has 1 saturated heterocycles. The van der Waals surface area contributed by atoms with Crippen molar-refractivity contribution in [1.29, 1.82) is 0 Å². The lowest BCUT2D eigenvalue weighted by Crippen LogP contribution is -2.48. The number of carbonyl (C=O) groups excluding carboxylic acids is 1. The molecule has 0 radical (unpaired) electrons. The topological polar surface area (TPSA) is 55.6 Å². The fourth-order valence-corrected chi connectivity index (χ4v) is 2.91. The monoisotopic (exact) mass is 268 g/mol. The van der Waals surface area contributed by atoms with Crippen molar-refractivity contribution in [3.8, 4) is 0 Å². The van der Waals surface area contributed by atoms with Crippen molar-refractivity contribution in [2.75, 3.05) is 6.54 Å². The number of nitrogens with two attached hydrogens (primary N) is 1. The van der Waals surface area contributed by atoms with Crippen molar-refractivity contribution in [2.45, 2.75) is 77.2 Å². The molecule has 2 rings (SSSR count). The number of carbonyl (C=O) groups is 1. The number of hydrogen-bond acceptors (Lipinski definition) is 3. The third-order valence-corrected chi connectivity index (χ3v) is 4.75. The van der Waals surface area contributed by atoms with Gasteiger partial charge in [0.15, 0.2) is 0 Å². The lowest BCUT2D eigenvalue weighted by molar-refractivity contribution is -0.146. The number of rotatable bonds is 6. The van der Waals surface area contributed by atoms with E-state index >= 15 is 0 Å². The molecule has 0 aromatic carbocycles. The SMILES string of the molecule is CCC(C)C(C)N(C(=O)[C@@H]1CC[C@H](CN)O1)C1CC1. The van der Waals surface area contributed by atoms with Gasteiger partial charge < -0.3 is 15.4 Å². The van der Waals surface area contributed by atoms with Crippen LogP contribution in [0.2, 0.25) is 0 Å². The second kappa shape index (κ2) is 6.23. The first-order chi connectivity index (χ1) is 9.08. The minimum absolute atomic E-state index is 0.0777. The molecule has 0 bridgehead atoms. The largest absolute Gasteiger partial charge is 0.364 e. The second-order valence-electron chi connectivity index (χ2n) is 6.16. The van der Waals surface area contributed by atoms with Gasteiger partial charge in [-0.25, -0.2) is 0 Å². The number of nitrogens with zero attached hydrogens (tertiary/aromatic N) is 1. The summed E-state index contributed by atoms with van der Waals surface area (Å²) in [6, 6.07) is 0.766. The Hall–Kier alpha value is -0.610. The summed E-state index contributed by atoms with van der Waals surface area (Å²) in [6.45, 7) is 7.12. The first-order valence-corrected chi connectivity index (χ1v) is 7.76. The van der Waals surface area contributed by atoms with Crippen LogP contribution in [0, 0.1) is 5.92 Å². The molecule has 0 spiro atoms. The Labute approximate surface area is 116 Å². The molecule has 4 heteroatoms. The summed E-state index contributed by atoms with van der Waals surface area (Å²) in [5.41, 5.74) is 5.62. The first-order valence-electron chi connectivity index (χ1n) is 7.76. The summed E-state index contributed by atoms with van der Waals surface area (Å²) >= 11 is 0. The Morgan fingerprint density at radius 2 is 2.00 bits per heavy atom. The molecule has 19 heavy (non-hydrogen) atoms. The van der Waals surface area contributed by atoms with Gasteiger partial charge in [-0.2, -0.15) is 0 Å². The molecule has 4 atom stereocenters. The fraction of sp³-hybridized carbons (Fsp3) is 0.933. The molecule has 1 amide bonds. The maximum absolute atomic E-state index is 12.7. The Balaban J connectivity index is 2.01. The highest BCUT2D eigenvalue weighted by Gasteiger charge is 2.42. The van der Waals surface area contributed by atoms with Crippen molar-refractivity contribution in [2.24, 2.45) is 11.7 Å². The normalized spacial score (nSPS) is 30.1. The number of ether oxygens (including phenoxy) is 1. The van der Waals surface area contributed by atoms with Gasteiger partial charge in [-0.1, -0.05) is 20.3 Å². The van der Waals surface area contributed by atoms with Crippen LogP contribution < -0.4 is 5.73 Å². The average molecular weight is 268 g/mol. The lowest BCUT2D eigenvalue weighted by atomic mass is 9.98. The van der Waals surface area contributed by atoms with Crippen LogP contribution in [0.4, 0.5) is 0 Å². The van der Waals surface area contributed by atoms with E-state index in [1.807, 2.05) is 0 Å². The van der Waals surface area contributed by atoms with Crippen molar-refractivity contribution in [1.82, 2.24) is 4.90 Å². The highest BCUT2D eigenvalue weighted by atomic mass is 16.5. The molecule has 4 nitrogen and oxygen atoms in total. The van der Waals surface area contributed by atoms with Gasteiger partial charge in [0.05, 0.1) is 6.10 Å². The van der Waals surface area contributed by atoms with E-state index in [0.717, 1.165) is 32.1 Å². The smallest absolute Gasteiger partial charge is 0.252 e. The van der Waals surface area contributed by atoms with Crippen LogP contribution in [-0.2, 0) is 9.53 Å². The second-order valence-corrected chi connectivity index (χ2v) is 6.16. The Kier molecular flexibility index (Phi) is 4.85. The van der Waals surface area contributed by atoms with Crippen LogP contribution in [0.3, 0.4) is 0 Å². The van der Waals surface area contributed by atoms with Gasteiger partial charge in [0.2, 0.25) is 0 Å². The van der Waals surface area contributed by atoms with Crippen LogP contribution in [0.25, 0.3) is 0 Å². The van der Waals surface area contributed by atoms with E-state index in [2.05, 4.69) is 25.7 Å². The molecule has 1 aliphatic carbocycles. The number of hydrogen-bond donors (Lipinski definition) is 1. The predicted molar refractivity (Wildman–Crippen MR) is 75.7 cm³/mol. The standard InChI is InChI=1S/C15H28N2O2/c1-4-10(2)11(3)17(12-5-6-12)15(18)14-8-7-13(9-16)19-14/h10-14H,4-9,16H2,1-3H3/t10?,11?,13-,14+/m1/s1. The summed E-state index contributed by atoms with van der Waals surface area (Å²) in [5, 5.41) is 0. The average Bonchev–Trinajstić information content (AvgIpc) is 3.13. The minimum atomic E-state index is -0.249. The molecule has 1 saturated carbocycles. The van der Waals surface area contributed by atoms with Gasteiger partial charge in [-0.3, -0.25) is 4.79 Å². The van der Waals surface area contributed by atoms with E-state index < -0.39 is 0 Å². The van der Waals surface area contributed by atoms with Crippen molar-refractivity contribution in [3.63, 3.8) is 0 Å². The number of amides is 1. The van der Waals surface area contributed by atoms with Gasteiger partial charge in [-0.15, -0.1) is 0 Å². The minimum Gasteiger partial charge on any atom is -0.364 e. The van der Waals surface area contributed by atoms with Crippen LogP contribution in [0.1, 0.15) is 52.9 Å². The van der Waals surface area contributed by atoms with Crippen molar-refractivity contribution >= 4 is 5.91 Å². The summed E-state index contributed by atoms with van der Waals surface area (Å²) in [7, 11) is 0. The first kappa shape index (κ1) is 14.8. The molecule has 0 aromatic rings. The van der Waals surface area contributed by atoms with E-state index in [-0.39, 0.29) is 18.1 Å². The van der Waals surface area contributed by atoms with Crippen LogP contribution in [0.5, 0.6) is 0 Å². The lowest BCUT2D eigenvalue weighted by Gasteiger charge is -2.35. The van der Waals surface area contributed by atoms with E-state index in [0.29, 0.717) is 24.5 Å². The van der Waals surface area contributed by atoms with Gasteiger partial charge in [0.25, 0.3) is 5.91 Å². The van der Waals surface area contributed by atoms with Crippen molar-refractivity contribution in [3.05, 3.63) is 0 Å². The molecular weight excluding hydrogens is 240 g/mol. The summed E-state index contributed by atoms with van der Waals surface area (Å²) in [5.74, 6) is 0.738. The molecule has 2 N–H and O–H groups in total. The Morgan fingerprint density at radius 3 is 2.47 bits per heavy atom. The van der Waals surface area contributed by atoms with Gasteiger partial charge in [0.1, 0.15) is 6.10 Å². The highest BCUT2D eigenvalue weighted by molar-refractivity contribution is 5.82. The molecule has 1 aliphatic heterocycles. The molecular formula is C15H28N2O2. The summed E-state index contributed by atoms with van der Waals surface area (Å²) in [4.78, 5) is 14.8. The zero-order chi connectivity index (χ0) is 14.0. The Bertz CT molecular complexity index is 317. The van der Waals surface area contributed by atoms with E-state index in [1.165, 1.54) is 0 Å². The van der Waals surface area contributed by atoms with Gasteiger partial charge in [0, 0.05) is 18.6 Å². The quantitative estimate of drug-likeness (QED) is 0.800. The van der Waals surface area contributed by atoms with Gasteiger partial charge in [-0.05, 0) is 38.5 Å². The summed E-state index contributed by atoms with van der Waals surface area (Å²) < 4.78 is 5.78. The zero-order valence-corrected chi connectivity index (χ0v) is 12.5. The molecule has 0 aromatic heterocycles. The molecule has 2 fully saturated rings. The third-order valence-electron chi connectivity index (χ3n) is 4.75. The van der Waals surface area contributed by atoms with Crippen LogP contribution in [0.15, 0.2) is 0 Å². The van der Waals surface area contributed by atoms with Crippen LogP contribution >= 0.6 is 0 Å². The zero-order valence-electron chi connectivity index (χ0n) is 12.5. The fourth-order valence-electron chi connectivity index (χ4n) is 2.91. The van der Waals surface area contributed by atoms with E-state index in [4.69, 9.17) is 10.5 Å². The van der Waals surface area contributed by atoms with Crippen LogP contribution in [-0.4, -0.2) is 41.6 Å². The molecule has 1 heterocycles. The maximum atomic E-state index is 12.7. The molecule has 2 unspecified atom stereocenters. The van der Waals surface area contributed by atoms with E-state index in [1.54, 1.807) is 0 Å².